The molecule has 0 amide bonds. The summed E-state index contributed by atoms with van der Waals surface area (Å²) in [6, 6.07) is 0. The third-order valence-corrected chi connectivity index (χ3v) is 6.96. The molecule has 0 aromatic carbocycles. The van der Waals surface area contributed by atoms with E-state index < -0.39 is 0 Å². The molecule has 1 saturated heterocycles. The van der Waals surface area contributed by atoms with E-state index >= 15 is 0 Å². The van der Waals surface area contributed by atoms with Crippen molar-refractivity contribution >= 4 is 0 Å². The van der Waals surface area contributed by atoms with Gasteiger partial charge in [-0.25, -0.2) is 0 Å². The molecule has 21 heavy (non-hydrogen) atoms. The van der Waals surface area contributed by atoms with Gasteiger partial charge in [-0.1, -0.05) is 33.6 Å². The van der Waals surface area contributed by atoms with Gasteiger partial charge < -0.3 is 10.5 Å². The van der Waals surface area contributed by atoms with E-state index in [1.54, 1.807) is 0 Å². The highest BCUT2D eigenvalue weighted by Crippen LogP contribution is 2.49. The Bertz CT molecular complexity index is 356. The fraction of sp³-hybridized carbons (Fsp3) is 1.00. The molecule has 2 saturated carbocycles. The molecular weight excluding hydrogens is 258 g/mol. The number of nitrogens with two attached hydrogens (primary N) is 1. The van der Waals surface area contributed by atoms with Crippen LogP contribution in [-0.2, 0) is 4.74 Å². The van der Waals surface area contributed by atoms with Gasteiger partial charge >= 0.3 is 0 Å². The summed E-state index contributed by atoms with van der Waals surface area (Å²) in [5.41, 5.74) is 7.70. The Morgan fingerprint density at radius 3 is 2.14 bits per heavy atom. The topological polar surface area (TPSA) is 35.2 Å². The second-order valence-electron chi connectivity index (χ2n) is 9.30. The SMILES string of the molecule is CC(C)(C)C1CCC(N)(C2CCOC3(CCCC3)C2)CC1. The molecule has 1 heterocycles. The minimum absolute atomic E-state index is 0.0983. The van der Waals surface area contributed by atoms with Gasteiger partial charge in [0.05, 0.1) is 5.60 Å². The summed E-state index contributed by atoms with van der Waals surface area (Å²) in [6.45, 7) is 8.13. The summed E-state index contributed by atoms with van der Waals surface area (Å²) in [7, 11) is 0. The lowest BCUT2D eigenvalue weighted by Crippen LogP contribution is -2.55. The Kier molecular flexibility index (Phi) is 4.16. The van der Waals surface area contributed by atoms with Gasteiger partial charge in [0.2, 0.25) is 0 Å². The average Bonchev–Trinajstić information content (AvgIpc) is 2.86. The summed E-state index contributed by atoms with van der Waals surface area (Å²) in [6.07, 6.45) is 12.8. The molecular formula is C19H35NO. The van der Waals surface area contributed by atoms with E-state index in [0.29, 0.717) is 11.3 Å². The summed E-state index contributed by atoms with van der Waals surface area (Å²) in [5.74, 6) is 1.56. The van der Waals surface area contributed by atoms with Gasteiger partial charge in [-0.15, -0.1) is 0 Å². The van der Waals surface area contributed by atoms with Crippen molar-refractivity contribution in [1.82, 2.24) is 0 Å². The molecule has 3 rings (SSSR count). The summed E-state index contributed by atoms with van der Waals surface area (Å²) >= 11 is 0. The van der Waals surface area contributed by atoms with Crippen molar-refractivity contribution in [2.24, 2.45) is 23.0 Å². The lowest BCUT2D eigenvalue weighted by molar-refractivity contribution is -0.109. The van der Waals surface area contributed by atoms with Crippen LogP contribution in [0.1, 0.15) is 85.0 Å². The van der Waals surface area contributed by atoms with Gasteiger partial charge in [0.25, 0.3) is 0 Å². The molecule has 1 spiro atoms. The van der Waals surface area contributed by atoms with E-state index in [1.165, 1.54) is 64.2 Å². The molecule has 0 radical (unpaired) electrons. The van der Waals surface area contributed by atoms with Crippen molar-refractivity contribution in [3.05, 3.63) is 0 Å². The van der Waals surface area contributed by atoms with E-state index in [9.17, 15) is 0 Å². The monoisotopic (exact) mass is 293 g/mol. The van der Waals surface area contributed by atoms with Crippen LogP contribution in [0, 0.1) is 17.3 Å². The van der Waals surface area contributed by atoms with Crippen molar-refractivity contribution in [2.75, 3.05) is 6.61 Å². The van der Waals surface area contributed by atoms with Crippen molar-refractivity contribution in [1.29, 1.82) is 0 Å². The van der Waals surface area contributed by atoms with Crippen LogP contribution in [0.15, 0.2) is 0 Å². The van der Waals surface area contributed by atoms with Crippen LogP contribution in [-0.4, -0.2) is 17.7 Å². The molecule has 0 aromatic rings. The molecule has 2 nitrogen and oxygen atoms in total. The predicted octanol–water partition coefficient (Wildman–Crippen LogP) is 4.66. The first-order valence-corrected chi connectivity index (χ1v) is 9.26. The average molecular weight is 293 g/mol. The zero-order chi connectivity index (χ0) is 15.1. The number of hydrogen-bond donors (Lipinski definition) is 1. The van der Waals surface area contributed by atoms with E-state index in [4.69, 9.17) is 10.5 Å². The van der Waals surface area contributed by atoms with E-state index in [-0.39, 0.29) is 11.1 Å². The van der Waals surface area contributed by atoms with Crippen LogP contribution in [0.5, 0.6) is 0 Å². The zero-order valence-corrected chi connectivity index (χ0v) is 14.4. The van der Waals surface area contributed by atoms with Gasteiger partial charge in [-0.3, -0.25) is 0 Å². The summed E-state index contributed by atoms with van der Waals surface area (Å²) in [4.78, 5) is 0. The maximum Gasteiger partial charge on any atom is 0.0685 e. The van der Waals surface area contributed by atoms with Gasteiger partial charge in [0.1, 0.15) is 0 Å². The van der Waals surface area contributed by atoms with Gasteiger partial charge in [-0.05, 0) is 68.6 Å². The highest BCUT2D eigenvalue weighted by molar-refractivity contribution is 5.02. The third kappa shape index (κ3) is 3.17. The lowest BCUT2D eigenvalue weighted by Gasteiger charge is -2.50. The van der Waals surface area contributed by atoms with Crippen molar-refractivity contribution in [2.45, 2.75) is 96.1 Å². The predicted molar refractivity (Wildman–Crippen MR) is 88.2 cm³/mol. The molecule has 0 bridgehead atoms. The van der Waals surface area contributed by atoms with Gasteiger partial charge in [0.15, 0.2) is 0 Å². The maximum absolute atomic E-state index is 6.93. The minimum atomic E-state index is 0.0983. The Labute approximate surface area is 131 Å². The van der Waals surface area contributed by atoms with E-state index in [1.807, 2.05) is 0 Å². The minimum Gasteiger partial charge on any atom is -0.375 e. The van der Waals surface area contributed by atoms with Crippen LogP contribution in [0.25, 0.3) is 0 Å². The quantitative estimate of drug-likeness (QED) is 0.763. The summed E-state index contributed by atoms with van der Waals surface area (Å²) < 4.78 is 6.21. The van der Waals surface area contributed by atoms with Gasteiger partial charge in [-0.2, -0.15) is 0 Å². The lowest BCUT2D eigenvalue weighted by atomic mass is 9.62. The molecule has 2 N–H and O–H groups in total. The molecule has 3 fully saturated rings. The molecule has 2 heteroatoms. The van der Waals surface area contributed by atoms with Crippen molar-refractivity contribution < 1.29 is 4.74 Å². The van der Waals surface area contributed by atoms with Crippen molar-refractivity contribution in [3.8, 4) is 0 Å². The van der Waals surface area contributed by atoms with Crippen LogP contribution in [0.2, 0.25) is 0 Å². The second kappa shape index (κ2) is 5.53. The molecule has 2 aliphatic carbocycles. The fourth-order valence-corrected chi connectivity index (χ4v) is 5.32. The number of ether oxygens (including phenoxy) is 1. The summed E-state index contributed by atoms with van der Waals surface area (Å²) in [5, 5.41) is 0. The molecule has 0 aromatic heterocycles. The van der Waals surface area contributed by atoms with E-state index in [0.717, 1.165) is 12.5 Å². The highest BCUT2D eigenvalue weighted by atomic mass is 16.5. The Morgan fingerprint density at radius 1 is 0.952 bits per heavy atom. The molecule has 1 atom stereocenters. The first kappa shape index (κ1) is 15.8. The second-order valence-corrected chi connectivity index (χ2v) is 9.30. The zero-order valence-electron chi connectivity index (χ0n) is 14.4. The Balaban J connectivity index is 1.63. The molecule has 122 valence electrons. The van der Waals surface area contributed by atoms with Crippen LogP contribution < -0.4 is 5.73 Å². The van der Waals surface area contributed by atoms with E-state index in [2.05, 4.69) is 20.8 Å². The van der Waals surface area contributed by atoms with Crippen LogP contribution in [0.3, 0.4) is 0 Å². The highest BCUT2D eigenvalue weighted by Gasteiger charge is 2.47. The Hall–Kier alpha value is -0.0800. The maximum atomic E-state index is 6.93. The molecule has 3 aliphatic rings. The molecule has 1 unspecified atom stereocenters. The number of hydrogen-bond acceptors (Lipinski definition) is 2. The number of rotatable bonds is 1. The first-order chi connectivity index (χ1) is 9.83. The van der Waals surface area contributed by atoms with Gasteiger partial charge in [0, 0.05) is 12.1 Å². The van der Waals surface area contributed by atoms with Crippen LogP contribution >= 0.6 is 0 Å². The first-order valence-electron chi connectivity index (χ1n) is 9.26. The largest absolute Gasteiger partial charge is 0.375 e. The standard InChI is InChI=1S/C19H35NO/c1-17(2,3)15-6-11-19(20,12-7-15)16-8-13-21-18(14-16)9-4-5-10-18/h15-16H,4-14,20H2,1-3H3. The smallest absolute Gasteiger partial charge is 0.0685 e. The third-order valence-electron chi connectivity index (χ3n) is 6.96. The Morgan fingerprint density at radius 2 is 1.57 bits per heavy atom. The normalized spacial score (nSPS) is 40.6. The fourth-order valence-electron chi connectivity index (χ4n) is 5.32. The van der Waals surface area contributed by atoms with Crippen LogP contribution in [0.4, 0.5) is 0 Å². The molecule has 1 aliphatic heterocycles. The van der Waals surface area contributed by atoms with Crippen molar-refractivity contribution in [3.63, 3.8) is 0 Å².